The van der Waals surface area contributed by atoms with Gasteiger partial charge < -0.3 is 29.2 Å². The van der Waals surface area contributed by atoms with Gasteiger partial charge in [-0.2, -0.15) is 0 Å². The van der Waals surface area contributed by atoms with E-state index in [0.29, 0.717) is 41.7 Å². The Morgan fingerprint density at radius 1 is 1.00 bits per heavy atom. The normalized spacial score (nSPS) is 18.6. The number of rotatable bonds is 7. The van der Waals surface area contributed by atoms with Gasteiger partial charge in [0.1, 0.15) is 11.5 Å². The molecule has 36 heavy (non-hydrogen) atoms. The van der Waals surface area contributed by atoms with Gasteiger partial charge in [-0.1, -0.05) is 30.3 Å². The predicted molar refractivity (Wildman–Crippen MR) is 133 cm³/mol. The second kappa shape index (κ2) is 10.2. The van der Waals surface area contributed by atoms with Crippen LogP contribution in [0.3, 0.4) is 0 Å². The van der Waals surface area contributed by atoms with Crippen LogP contribution in [0.1, 0.15) is 30.0 Å². The van der Waals surface area contributed by atoms with Gasteiger partial charge >= 0.3 is 0 Å². The molecule has 1 saturated heterocycles. The van der Waals surface area contributed by atoms with E-state index in [4.69, 9.17) is 18.9 Å². The molecule has 0 unspecified atom stereocenters. The predicted octanol–water partition coefficient (Wildman–Crippen LogP) is 4.23. The van der Waals surface area contributed by atoms with E-state index in [1.807, 2.05) is 54.6 Å². The highest BCUT2D eigenvalue weighted by Gasteiger charge is 2.41. The topological polar surface area (TPSA) is 86.3 Å². The van der Waals surface area contributed by atoms with E-state index in [-0.39, 0.29) is 25.0 Å². The number of nitrogens with one attached hydrogen (secondary N) is 1. The SMILES string of the molecule is COc1ccc([C@@H]2[C@@H](C(=O)NCc3ccccc3OC)CCC(=O)N2c2ccc3c(c2)OCO3)cc1. The summed E-state index contributed by atoms with van der Waals surface area (Å²) >= 11 is 0. The van der Waals surface area contributed by atoms with Gasteiger partial charge in [0, 0.05) is 30.3 Å². The lowest BCUT2D eigenvalue weighted by Gasteiger charge is -2.41. The van der Waals surface area contributed by atoms with Gasteiger partial charge in [0.2, 0.25) is 18.6 Å². The summed E-state index contributed by atoms with van der Waals surface area (Å²) in [5, 5.41) is 3.07. The third kappa shape index (κ3) is 4.54. The molecule has 186 valence electrons. The van der Waals surface area contributed by atoms with Crippen LogP contribution < -0.4 is 29.2 Å². The lowest BCUT2D eigenvalue weighted by atomic mass is 9.83. The molecule has 2 atom stereocenters. The van der Waals surface area contributed by atoms with Crippen molar-refractivity contribution in [3.8, 4) is 23.0 Å². The average Bonchev–Trinajstić information content (AvgIpc) is 3.39. The molecule has 0 saturated carbocycles. The molecule has 5 rings (SSSR count). The number of fused-ring (bicyclic) bond motifs is 1. The third-order valence-electron chi connectivity index (χ3n) is 6.67. The molecule has 2 amide bonds. The minimum absolute atomic E-state index is 0.0524. The summed E-state index contributed by atoms with van der Waals surface area (Å²) in [6.45, 7) is 0.468. The molecule has 2 aliphatic heterocycles. The first kappa shape index (κ1) is 23.5. The van der Waals surface area contributed by atoms with E-state index in [1.54, 1.807) is 31.3 Å². The molecule has 1 N–H and O–H groups in total. The number of hydrogen-bond acceptors (Lipinski definition) is 6. The molecule has 2 aliphatic rings. The zero-order valence-electron chi connectivity index (χ0n) is 20.2. The van der Waals surface area contributed by atoms with E-state index in [1.165, 1.54) is 0 Å². The molecule has 1 fully saturated rings. The van der Waals surface area contributed by atoms with E-state index in [0.717, 1.165) is 11.1 Å². The first-order valence-corrected chi connectivity index (χ1v) is 11.8. The minimum Gasteiger partial charge on any atom is -0.497 e. The summed E-state index contributed by atoms with van der Waals surface area (Å²) < 4.78 is 21.7. The van der Waals surface area contributed by atoms with Crippen molar-refractivity contribution in [2.75, 3.05) is 25.9 Å². The van der Waals surface area contributed by atoms with Gasteiger partial charge in [-0.3, -0.25) is 9.59 Å². The van der Waals surface area contributed by atoms with Crippen molar-refractivity contribution in [1.29, 1.82) is 0 Å². The summed E-state index contributed by atoms with van der Waals surface area (Å²) in [7, 11) is 3.21. The van der Waals surface area contributed by atoms with Crippen molar-refractivity contribution in [3.63, 3.8) is 0 Å². The van der Waals surface area contributed by atoms with E-state index >= 15 is 0 Å². The van der Waals surface area contributed by atoms with Gasteiger partial charge in [0.25, 0.3) is 0 Å². The zero-order valence-corrected chi connectivity index (χ0v) is 20.2. The number of piperidine rings is 1. The Hall–Kier alpha value is -4.20. The molecule has 0 spiro atoms. The van der Waals surface area contributed by atoms with Crippen LogP contribution in [0.15, 0.2) is 66.7 Å². The van der Waals surface area contributed by atoms with Crippen LogP contribution in [0, 0.1) is 5.92 Å². The number of amides is 2. The third-order valence-corrected chi connectivity index (χ3v) is 6.67. The highest BCUT2D eigenvalue weighted by molar-refractivity contribution is 5.97. The maximum absolute atomic E-state index is 13.6. The molecule has 0 aromatic heterocycles. The van der Waals surface area contributed by atoms with Crippen molar-refractivity contribution in [2.24, 2.45) is 5.92 Å². The van der Waals surface area contributed by atoms with Gasteiger partial charge in [-0.25, -0.2) is 0 Å². The molecular formula is C28H28N2O6. The molecule has 0 aliphatic carbocycles. The summed E-state index contributed by atoms with van der Waals surface area (Å²) in [6, 6.07) is 20.0. The van der Waals surface area contributed by atoms with Crippen molar-refractivity contribution in [1.82, 2.24) is 5.32 Å². The van der Waals surface area contributed by atoms with Crippen molar-refractivity contribution >= 4 is 17.5 Å². The molecule has 0 bridgehead atoms. The smallest absolute Gasteiger partial charge is 0.231 e. The van der Waals surface area contributed by atoms with Gasteiger partial charge in [0.15, 0.2) is 11.5 Å². The van der Waals surface area contributed by atoms with Crippen LogP contribution >= 0.6 is 0 Å². The molecular weight excluding hydrogens is 460 g/mol. The first-order valence-electron chi connectivity index (χ1n) is 11.8. The average molecular weight is 489 g/mol. The minimum atomic E-state index is -0.504. The van der Waals surface area contributed by atoms with Gasteiger partial charge in [-0.15, -0.1) is 0 Å². The Morgan fingerprint density at radius 3 is 2.56 bits per heavy atom. The van der Waals surface area contributed by atoms with E-state index in [2.05, 4.69) is 5.32 Å². The Bertz CT molecular complexity index is 1260. The maximum atomic E-state index is 13.6. The lowest BCUT2D eigenvalue weighted by molar-refractivity contribution is -0.129. The Kier molecular flexibility index (Phi) is 6.66. The van der Waals surface area contributed by atoms with Crippen LogP contribution in [-0.2, 0) is 16.1 Å². The van der Waals surface area contributed by atoms with E-state index in [9.17, 15) is 9.59 Å². The van der Waals surface area contributed by atoms with E-state index < -0.39 is 12.0 Å². The highest BCUT2D eigenvalue weighted by atomic mass is 16.7. The fourth-order valence-corrected chi connectivity index (χ4v) is 4.85. The number of carbonyl (C=O) groups is 2. The number of para-hydroxylation sites is 1. The Balaban J connectivity index is 1.48. The van der Waals surface area contributed by atoms with Crippen molar-refractivity contribution in [2.45, 2.75) is 25.4 Å². The second-order valence-electron chi connectivity index (χ2n) is 8.69. The second-order valence-corrected chi connectivity index (χ2v) is 8.69. The van der Waals surface area contributed by atoms with Crippen molar-refractivity contribution < 1.29 is 28.5 Å². The summed E-state index contributed by atoms with van der Waals surface area (Å²) in [4.78, 5) is 28.6. The number of benzene rings is 3. The number of ether oxygens (including phenoxy) is 4. The quantitative estimate of drug-likeness (QED) is 0.536. The summed E-state index contributed by atoms with van der Waals surface area (Å²) in [5.74, 6) is 1.99. The Labute approximate surface area is 209 Å². The van der Waals surface area contributed by atoms with Crippen LogP contribution in [0.25, 0.3) is 0 Å². The zero-order chi connectivity index (χ0) is 25.1. The lowest BCUT2D eigenvalue weighted by Crippen LogP contribution is -2.48. The standard InChI is InChI=1S/C28H28N2O6/c1-33-21-10-7-18(8-11-21)27-22(28(32)29-16-19-5-3-4-6-23(19)34-2)12-14-26(31)30(27)20-9-13-24-25(15-20)36-17-35-24/h3-11,13,15,22,27H,12,14,16-17H2,1-2H3,(H,29,32)/t22-,27+/m0/s1. The van der Waals surface area contributed by atoms with Crippen LogP contribution in [0.4, 0.5) is 5.69 Å². The maximum Gasteiger partial charge on any atom is 0.231 e. The molecule has 0 radical (unpaired) electrons. The van der Waals surface area contributed by atoms with Gasteiger partial charge in [0.05, 0.1) is 26.2 Å². The van der Waals surface area contributed by atoms with Gasteiger partial charge in [-0.05, 0) is 42.3 Å². The summed E-state index contributed by atoms with van der Waals surface area (Å²) in [6.07, 6.45) is 0.697. The van der Waals surface area contributed by atoms with Crippen LogP contribution in [0.5, 0.6) is 23.0 Å². The fraction of sp³-hybridized carbons (Fsp3) is 0.286. The molecule has 3 aromatic carbocycles. The number of hydrogen-bond donors (Lipinski definition) is 1. The Morgan fingerprint density at radius 2 is 1.78 bits per heavy atom. The van der Waals surface area contributed by atoms with Crippen molar-refractivity contribution in [3.05, 3.63) is 77.9 Å². The number of methoxy groups -OCH3 is 2. The van der Waals surface area contributed by atoms with Crippen LogP contribution in [0.2, 0.25) is 0 Å². The number of nitrogens with zero attached hydrogens (tertiary/aromatic N) is 1. The largest absolute Gasteiger partial charge is 0.497 e. The van der Waals surface area contributed by atoms with Crippen LogP contribution in [-0.4, -0.2) is 32.8 Å². The monoisotopic (exact) mass is 488 g/mol. The number of anilines is 1. The molecule has 2 heterocycles. The first-order chi connectivity index (χ1) is 17.6. The molecule has 3 aromatic rings. The number of carbonyl (C=O) groups excluding carboxylic acids is 2. The summed E-state index contributed by atoms with van der Waals surface area (Å²) in [5.41, 5.74) is 2.39. The molecule has 8 heteroatoms. The highest BCUT2D eigenvalue weighted by Crippen LogP contribution is 2.43. The fourth-order valence-electron chi connectivity index (χ4n) is 4.85. The molecule has 8 nitrogen and oxygen atoms in total.